The molecule has 0 aliphatic heterocycles. The van der Waals surface area contributed by atoms with Crippen molar-refractivity contribution < 1.29 is 4.74 Å². The molecule has 128 valence electrons. The quantitative estimate of drug-likeness (QED) is 0.631. The Kier molecular flexibility index (Phi) is 7.10. The van der Waals surface area contributed by atoms with Gasteiger partial charge in [-0.2, -0.15) is 0 Å². The predicted molar refractivity (Wildman–Crippen MR) is 103 cm³/mol. The molecule has 1 aromatic carbocycles. The first-order valence-corrected chi connectivity index (χ1v) is 8.59. The van der Waals surface area contributed by atoms with E-state index >= 15 is 0 Å². The lowest BCUT2D eigenvalue weighted by Crippen LogP contribution is -2.15. The number of aromatic nitrogens is 1. The van der Waals surface area contributed by atoms with Crippen LogP contribution in [0.25, 0.3) is 12.2 Å². The van der Waals surface area contributed by atoms with E-state index in [1.165, 1.54) is 0 Å². The van der Waals surface area contributed by atoms with Crippen LogP contribution in [0.3, 0.4) is 0 Å². The molecule has 0 aliphatic carbocycles. The third-order valence-corrected chi connectivity index (χ3v) is 3.79. The number of ether oxygens (including phenoxy) is 1. The zero-order valence-corrected chi connectivity index (χ0v) is 15.7. The van der Waals surface area contributed by atoms with Gasteiger partial charge in [-0.05, 0) is 69.4 Å². The molecular weight excluding hydrogens is 343 g/mol. The summed E-state index contributed by atoms with van der Waals surface area (Å²) in [6.45, 7) is 3.61. The molecule has 5 heteroatoms. The molecule has 1 heterocycles. The third kappa shape index (κ3) is 6.16. The Hall–Kier alpha value is -1.55. The molecular formula is C19H22Cl2N2O. The molecule has 0 atom stereocenters. The maximum absolute atomic E-state index is 6.04. The number of hydrogen-bond acceptors (Lipinski definition) is 3. The van der Waals surface area contributed by atoms with E-state index in [-0.39, 0.29) is 0 Å². The van der Waals surface area contributed by atoms with Crippen molar-refractivity contribution in [3.05, 3.63) is 57.3 Å². The van der Waals surface area contributed by atoms with Crippen LogP contribution in [0.4, 0.5) is 0 Å². The van der Waals surface area contributed by atoms with E-state index in [4.69, 9.17) is 27.9 Å². The average Bonchev–Trinajstić information content (AvgIpc) is 2.50. The summed E-state index contributed by atoms with van der Waals surface area (Å²) in [6, 6.07) is 9.34. The van der Waals surface area contributed by atoms with Gasteiger partial charge in [-0.25, -0.2) is 4.98 Å². The highest BCUT2D eigenvalue weighted by molar-refractivity contribution is 6.34. The van der Waals surface area contributed by atoms with Crippen LogP contribution < -0.4 is 4.74 Å². The Morgan fingerprint density at radius 1 is 1.08 bits per heavy atom. The highest BCUT2D eigenvalue weighted by Gasteiger charge is 2.04. The van der Waals surface area contributed by atoms with E-state index in [1.54, 1.807) is 6.07 Å². The molecule has 0 bridgehead atoms. The standard InChI is InChI=1S/C19H22Cl2N2O/c1-14-5-8-19(24-10-4-9-23(2)3)18(22-14)7-6-15-11-16(20)13-17(21)12-15/h5-8,11-13H,4,9-10H2,1-3H3. The molecule has 24 heavy (non-hydrogen) atoms. The minimum atomic E-state index is 0.611. The Bertz CT molecular complexity index is 694. The number of halogens is 2. The van der Waals surface area contributed by atoms with E-state index in [9.17, 15) is 0 Å². The molecule has 0 saturated carbocycles. The van der Waals surface area contributed by atoms with Crippen molar-refractivity contribution >= 4 is 35.4 Å². The minimum Gasteiger partial charge on any atom is -0.491 e. The molecule has 0 unspecified atom stereocenters. The highest BCUT2D eigenvalue weighted by Crippen LogP contribution is 2.23. The maximum Gasteiger partial charge on any atom is 0.144 e. The number of benzene rings is 1. The molecule has 0 N–H and O–H groups in total. The molecule has 0 fully saturated rings. The van der Waals surface area contributed by atoms with Crippen LogP contribution in [-0.4, -0.2) is 37.1 Å². The zero-order valence-electron chi connectivity index (χ0n) is 14.2. The number of aryl methyl sites for hydroxylation is 1. The van der Waals surface area contributed by atoms with Crippen LogP contribution in [-0.2, 0) is 0 Å². The van der Waals surface area contributed by atoms with Crippen LogP contribution in [0, 0.1) is 6.92 Å². The van der Waals surface area contributed by atoms with E-state index in [0.717, 1.165) is 35.7 Å². The lowest BCUT2D eigenvalue weighted by molar-refractivity contribution is 0.280. The fourth-order valence-corrected chi connectivity index (χ4v) is 2.76. The summed E-state index contributed by atoms with van der Waals surface area (Å²) >= 11 is 12.1. The summed E-state index contributed by atoms with van der Waals surface area (Å²) in [5, 5.41) is 1.22. The van der Waals surface area contributed by atoms with Crippen molar-refractivity contribution in [1.82, 2.24) is 9.88 Å². The van der Waals surface area contributed by atoms with Crippen molar-refractivity contribution in [2.45, 2.75) is 13.3 Å². The second kappa shape index (κ2) is 9.07. The average molecular weight is 365 g/mol. The lowest BCUT2D eigenvalue weighted by Gasteiger charge is -2.12. The lowest BCUT2D eigenvalue weighted by atomic mass is 10.2. The van der Waals surface area contributed by atoms with E-state index in [0.29, 0.717) is 16.7 Å². The summed E-state index contributed by atoms with van der Waals surface area (Å²) in [6.07, 6.45) is 4.83. The van der Waals surface area contributed by atoms with Gasteiger partial charge in [-0.1, -0.05) is 29.3 Å². The second-order valence-corrected chi connectivity index (χ2v) is 6.75. The van der Waals surface area contributed by atoms with Crippen LogP contribution in [0.1, 0.15) is 23.4 Å². The monoisotopic (exact) mass is 364 g/mol. The van der Waals surface area contributed by atoms with Crippen LogP contribution in [0.2, 0.25) is 10.0 Å². The van der Waals surface area contributed by atoms with Gasteiger partial charge in [-0.15, -0.1) is 0 Å². The van der Waals surface area contributed by atoms with Crippen molar-refractivity contribution in [1.29, 1.82) is 0 Å². The van der Waals surface area contributed by atoms with Crippen molar-refractivity contribution in [2.75, 3.05) is 27.2 Å². The van der Waals surface area contributed by atoms with Crippen molar-refractivity contribution in [3.63, 3.8) is 0 Å². The molecule has 0 amide bonds. The first-order chi connectivity index (χ1) is 11.4. The molecule has 0 aliphatic rings. The van der Waals surface area contributed by atoms with Gasteiger partial charge in [0, 0.05) is 22.3 Å². The largest absolute Gasteiger partial charge is 0.491 e. The van der Waals surface area contributed by atoms with Crippen molar-refractivity contribution in [3.8, 4) is 5.75 Å². The Morgan fingerprint density at radius 2 is 1.79 bits per heavy atom. The van der Waals surface area contributed by atoms with Gasteiger partial charge >= 0.3 is 0 Å². The third-order valence-electron chi connectivity index (χ3n) is 3.35. The fraction of sp³-hybridized carbons (Fsp3) is 0.316. The van der Waals surface area contributed by atoms with E-state index in [1.807, 2.05) is 43.3 Å². The van der Waals surface area contributed by atoms with Gasteiger partial charge in [-0.3, -0.25) is 0 Å². The SMILES string of the molecule is Cc1ccc(OCCCN(C)C)c(C=Cc2cc(Cl)cc(Cl)c2)n1. The number of pyridine rings is 1. The summed E-state index contributed by atoms with van der Waals surface area (Å²) in [5.41, 5.74) is 2.67. The smallest absolute Gasteiger partial charge is 0.144 e. The van der Waals surface area contributed by atoms with Gasteiger partial charge in [0.1, 0.15) is 11.4 Å². The van der Waals surface area contributed by atoms with E-state index < -0.39 is 0 Å². The van der Waals surface area contributed by atoms with Gasteiger partial charge in [0.2, 0.25) is 0 Å². The molecule has 1 aromatic heterocycles. The Morgan fingerprint density at radius 3 is 2.46 bits per heavy atom. The Balaban J connectivity index is 2.13. The van der Waals surface area contributed by atoms with Crippen LogP contribution in [0.5, 0.6) is 5.75 Å². The van der Waals surface area contributed by atoms with Gasteiger partial charge in [0.05, 0.1) is 6.61 Å². The minimum absolute atomic E-state index is 0.611. The first kappa shape index (κ1) is 18.8. The molecule has 2 aromatic rings. The number of hydrogen-bond donors (Lipinski definition) is 0. The predicted octanol–water partition coefficient (Wildman–Crippen LogP) is 5.20. The molecule has 0 saturated heterocycles. The topological polar surface area (TPSA) is 25.4 Å². The van der Waals surface area contributed by atoms with Gasteiger partial charge in [0.15, 0.2) is 0 Å². The summed E-state index contributed by atoms with van der Waals surface area (Å²) in [7, 11) is 4.11. The van der Waals surface area contributed by atoms with Gasteiger partial charge < -0.3 is 9.64 Å². The molecule has 3 nitrogen and oxygen atoms in total. The normalized spacial score (nSPS) is 11.4. The molecule has 2 rings (SSSR count). The number of rotatable bonds is 7. The highest BCUT2D eigenvalue weighted by atomic mass is 35.5. The van der Waals surface area contributed by atoms with Crippen LogP contribution in [0.15, 0.2) is 30.3 Å². The number of nitrogens with zero attached hydrogens (tertiary/aromatic N) is 2. The zero-order chi connectivity index (χ0) is 17.5. The second-order valence-electron chi connectivity index (χ2n) is 5.88. The van der Waals surface area contributed by atoms with Gasteiger partial charge in [0.25, 0.3) is 0 Å². The Labute approximate surface area is 153 Å². The summed E-state index contributed by atoms with van der Waals surface area (Å²) < 4.78 is 5.89. The molecule has 0 radical (unpaired) electrons. The molecule has 0 spiro atoms. The summed E-state index contributed by atoms with van der Waals surface area (Å²) in [5.74, 6) is 0.781. The first-order valence-electron chi connectivity index (χ1n) is 7.83. The fourth-order valence-electron chi connectivity index (χ4n) is 2.21. The maximum atomic E-state index is 6.04. The van der Waals surface area contributed by atoms with Crippen molar-refractivity contribution in [2.24, 2.45) is 0 Å². The van der Waals surface area contributed by atoms with E-state index in [2.05, 4.69) is 24.0 Å². The van der Waals surface area contributed by atoms with Crippen LogP contribution >= 0.6 is 23.2 Å². The summed E-state index contributed by atoms with van der Waals surface area (Å²) in [4.78, 5) is 6.70.